The lowest BCUT2D eigenvalue weighted by molar-refractivity contribution is -0.117. The average Bonchev–Trinajstić information content (AvgIpc) is 3.11. The van der Waals surface area contributed by atoms with Crippen LogP contribution in [0.5, 0.6) is 0 Å². The third kappa shape index (κ3) is 3.05. The largest absolute Gasteiger partial charge is 0.343 e. The van der Waals surface area contributed by atoms with Gasteiger partial charge in [-0.25, -0.2) is 0 Å². The van der Waals surface area contributed by atoms with Crippen molar-refractivity contribution in [2.24, 2.45) is 0 Å². The van der Waals surface area contributed by atoms with E-state index in [2.05, 4.69) is 27.0 Å². The van der Waals surface area contributed by atoms with Crippen LogP contribution in [0.1, 0.15) is 40.8 Å². The van der Waals surface area contributed by atoms with Gasteiger partial charge in [0.15, 0.2) is 5.82 Å². The molecule has 110 valence electrons. The molecule has 5 nitrogen and oxygen atoms in total. The second kappa shape index (κ2) is 5.81. The number of rotatable bonds is 4. The summed E-state index contributed by atoms with van der Waals surface area (Å²) in [5.41, 5.74) is 0. The van der Waals surface area contributed by atoms with E-state index in [0.29, 0.717) is 0 Å². The Morgan fingerprint density at radius 3 is 3.10 bits per heavy atom. The molecule has 2 aromatic heterocycles. The van der Waals surface area contributed by atoms with Gasteiger partial charge in [-0.2, -0.15) is 0 Å². The molecule has 0 saturated carbocycles. The van der Waals surface area contributed by atoms with Crippen molar-refractivity contribution in [1.29, 1.82) is 0 Å². The number of fused-ring (bicyclic) bond motifs is 1. The Labute approximate surface area is 127 Å². The second-order valence-corrected chi connectivity index (χ2v) is 6.56. The summed E-state index contributed by atoms with van der Waals surface area (Å²) in [4.78, 5) is 14.3. The molecule has 1 amide bonds. The molecule has 1 aliphatic rings. The topological polar surface area (TPSA) is 59.8 Å². The van der Waals surface area contributed by atoms with Gasteiger partial charge in [0.2, 0.25) is 5.91 Å². The Hall–Kier alpha value is -1.95. The van der Waals surface area contributed by atoms with Gasteiger partial charge in [-0.15, -0.1) is 21.5 Å². The maximum absolute atomic E-state index is 12.0. The van der Waals surface area contributed by atoms with Crippen molar-refractivity contribution in [3.05, 3.63) is 39.6 Å². The molecule has 0 radical (unpaired) electrons. The first-order chi connectivity index (χ1) is 10.1. The zero-order valence-corrected chi connectivity index (χ0v) is 13.0. The zero-order chi connectivity index (χ0) is 14.8. The summed E-state index contributed by atoms with van der Waals surface area (Å²) in [7, 11) is 0. The number of thiophene rings is 1. The van der Waals surface area contributed by atoms with Crippen LogP contribution >= 0.6 is 11.3 Å². The predicted octanol–water partition coefficient (Wildman–Crippen LogP) is 2.48. The fourth-order valence-electron chi connectivity index (χ4n) is 2.52. The van der Waals surface area contributed by atoms with Crippen molar-refractivity contribution in [1.82, 2.24) is 20.1 Å². The number of aromatic nitrogens is 3. The Bertz CT molecular complexity index is 686. The summed E-state index contributed by atoms with van der Waals surface area (Å²) in [6.45, 7) is 4.94. The summed E-state index contributed by atoms with van der Waals surface area (Å²) in [5.74, 6) is 1.76. The van der Waals surface area contributed by atoms with E-state index in [1.165, 1.54) is 4.88 Å². The van der Waals surface area contributed by atoms with Crippen LogP contribution < -0.4 is 5.32 Å². The molecule has 0 fully saturated rings. The first-order valence-corrected chi connectivity index (χ1v) is 7.92. The molecule has 6 heteroatoms. The Morgan fingerprint density at radius 2 is 2.33 bits per heavy atom. The van der Waals surface area contributed by atoms with Crippen LogP contribution in [0.15, 0.2) is 18.2 Å². The van der Waals surface area contributed by atoms with Crippen LogP contribution in [-0.4, -0.2) is 20.7 Å². The maximum Gasteiger partial charge on any atom is 0.244 e. The molecule has 1 aliphatic heterocycles. The first-order valence-electron chi connectivity index (χ1n) is 7.10. The number of hydrogen-bond donors (Lipinski definition) is 1. The standard InChI is InChI=1S/C15H18N4OS/c1-10-5-6-12(21-10)7-8-14(20)16-11(2)15-18-17-13-4-3-9-19(13)15/h5-8,11H,3-4,9H2,1-2H3,(H,16,20)/b8-7+. The van der Waals surface area contributed by atoms with Gasteiger partial charge in [-0.05, 0) is 38.5 Å². The minimum absolute atomic E-state index is 0.107. The summed E-state index contributed by atoms with van der Waals surface area (Å²) >= 11 is 1.67. The lowest BCUT2D eigenvalue weighted by atomic mass is 10.3. The number of aryl methyl sites for hydroxylation is 2. The van der Waals surface area contributed by atoms with Crippen molar-refractivity contribution in [3.63, 3.8) is 0 Å². The van der Waals surface area contributed by atoms with Crippen molar-refractivity contribution >= 4 is 23.3 Å². The summed E-state index contributed by atoms with van der Waals surface area (Å²) in [6.07, 6.45) is 5.50. The van der Waals surface area contributed by atoms with E-state index < -0.39 is 0 Å². The molecular weight excluding hydrogens is 284 g/mol. The first kappa shape index (κ1) is 14.0. The van der Waals surface area contributed by atoms with Gasteiger partial charge in [0.1, 0.15) is 5.82 Å². The van der Waals surface area contributed by atoms with E-state index >= 15 is 0 Å². The van der Waals surface area contributed by atoms with Gasteiger partial charge in [0, 0.05) is 28.8 Å². The third-order valence-electron chi connectivity index (χ3n) is 3.54. The lowest BCUT2D eigenvalue weighted by Crippen LogP contribution is -2.27. The Balaban J connectivity index is 1.63. The second-order valence-electron chi connectivity index (χ2n) is 5.24. The quantitative estimate of drug-likeness (QED) is 0.883. The fraction of sp³-hybridized carbons (Fsp3) is 0.400. The van der Waals surface area contributed by atoms with E-state index in [-0.39, 0.29) is 11.9 Å². The SMILES string of the molecule is Cc1ccc(/C=C/C(=O)NC(C)c2nnc3n2CCC3)s1. The molecular formula is C15H18N4OS. The van der Waals surface area contributed by atoms with Crippen molar-refractivity contribution in [2.75, 3.05) is 0 Å². The number of amides is 1. The number of nitrogens with one attached hydrogen (secondary N) is 1. The molecule has 1 atom stereocenters. The van der Waals surface area contributed by atoms with Gasteiger partial charge < -0.3 is 9.88 Å². The van der Waals surface area contributed by atoms with Gasteiger partial charge in [0.05, 0.1) is 6.04 Å². The molecule has 0 bridgehead atoms. The van der Waals surface area contributed by atoms with Gasteiger partial charge in [-0.3, -0.25) is 4.79 Å². The van der Waals surface area contributed by atoms with Crippen LogP contribution in [0.25, 0.3) is 6.08 Å². The molecule has 21 heavy (non-hydrogen) atoms. The number of nitrogens with zero attached hydrogens (tertiary/aromatic N) is 3. The highest BCUT2D eigenvalue weighted by Crippen LogP contribution is 2.19. The van der Waals surface area contributed by atoms with Crippen molar-refractivity contribution in [3.8, 4) is 0 Å². The normalized spacial score (nSPS) is 15.3. The smallest absolute Gasteiger partial charge is 0.244 e. The number of carbonyl (C=O) groups is 1. The van der Waals surface area contributed by atoms with E-state index in [4.69, 9.17) is 0 Å². The van der Waals surface area contributed by atoms with Crippen molar-refractivity contribution < 1.29 is 4.79 Å². The van der Waals surface area contributed by atoms with Crippen LogP contribution in [0.4, 0.5) is 0 Å². The molecule has 1 unspecified atom stereocenters. The van der Waals surface area contributed by atoms with Gasteiger partial charge in [-0.1, -0.05) is 0 Å². The molecule has 2 aromatic rings. The number of hydrogen-bond acceptors (Lipinski definition) is 4. The summed E-state index contributed by atoms with van der Waals surface area (Å²) in [6, 6.07) is 3.93. The van der Waals surface area contributed by atoms with E-state index in [0.717, 1.165) is 35.9 Å². The highest BCUT2D eigenvalue weighted by molar-refractivity contribution is 7.12. The molecule has 0 aliphatic carbocycles. The van der Waals surface area contributed by atoms with E-state index in [1.54, 1.807) is 17.4 Å². The minimum Gasteiger partial charge on any atom is -0.343 e. The molecule has 3 heterocycles. The van der Waals surface area contributed by atoms with Crippen LogP contribution in [0, 0.1) is 6.92 Å². The third-order valence-corrected chi connectivity index (χ3v) is 4.51. The van der Waals surface area contributed by atoms with Crippen molar-refractivity contribution in [2.45, 2.75) is 39.3 Å². The molecule has 1 N–H and O–H groups in total. The van der Waals surface area contributed by atoms with Crippen LogP contribution in [0.2, 0.25) is 0 Å². The minimum atomic E-state index is -0.133. The fourth-order valence-corrected chi connectivity index (χ4v) is 3.30. The highest BCUT2D eigenvalue weighted by Gasteiger charge is 2.21. The van der Waals surface area contributed by atoms with Gasteiger partial charge in [0.25, 0.3) is 0 Å². The van der Waals surface area contributed by atoms with Crippen LogP contribution in [0.3, 0.4) is 0 Å². The molecule has 0 aromatic carbocycles. The van der Waals surface area contributed by atoms with E-state index in [9.17, 15) is 4.79 Å². The lowest BCUT2D eigenvalue weighted by Gasteiger charge is -2.12. The van der Waals surface area contributed by atoms with Crippen LogP contribution in [-0.2, 0) is 17.8 Å². The molecule has 0 saturated heterocycles. The Kier molecular flexibility index (Phi) is 3.88. The average molecular weight is 302 g/mol. The van der Waals surface area contributed by atoms with E-state index in [1.807, 2.05) is 25.1 Å². The molecule has 3 rings (SSSR count). The predicted molar refractivity (Wildman–Crippen MR) is 83.0 cm³/mol. The molecule has 0 spiro atoms. The number of carbonyl (C=O) groups excluding carboxylic acids is 1. The zero-order valence-electron chi connectivity index (χ0n) is 12.2. The van der Waals surface area contributed by atoms with Gasteiger partial charge >= 0.3 is 0 Å². The summed E-state index contributed by atoms with van der Waals surface area (Å²) in [5, 5.41) is 11.3. The highest BCUT2D eigenvalue weighted by atomic mass is 32.1. The summed E-state index contributed by atoms with van der Waals surface area (Å²) < 4.78 is 2.11. The monoisotopic (exact) mass is 302 g/mol. The Morgan fingerprint density at radius 1 is 1.48 bits per heavy atom. The maximum atomic E-state index is 12.0.